The van der Waals surface area contributed by atoms with E-state index >= 15 is 0 Å². The summed E-state index contributed by atoms with van der Waals surface area (Å²) in [7, 11) is 1.76. The second kappa shape index (κ2) is 6.50. The maximum Gasteiger partial charge on any atom is 0.280 e. The molecule has 1 aromatic carbocycles. The first-order valence-electron chi connectivity index (χ1n) is 10.1. The zero-order valence-corrected chi connectivity index (χ0v) is 16.7. The van der Waals surface area contributed by atoms with Gasteiger partial charge in [0.05, 0.1) is 18.0 Å². The van der Waals surface area contributed by atoms with Crippen LogP contribution in [0, 0.1) is 23.2 Å². The Labute approximate surface area is 176 Å². The van der Waals surface area contributed by atoms with Gasteiger partial charge in [0.2, 0.25) is 5.89 Å². The van der Waals surface area contributed by atoms with E-state index in [2.05, 4.69) is 31.1 Å². The first kappa shape index (κ1) is 17.8. The van der Waals surface area contributed by atoms with E-state index in [0.29, 0.717) is 46.2 Å². The van der Waals surface area contributed by atoms with Crippen LogP contribution in [0.5, 0.6) is 0 Å². The highest BCUT2D eigenvalue weighted by Gasteiger charge is 2.58. The van der Waals surface area contributed by atoms with E-state index in [1.54, 1.807) is 17.9 Å². The fourth-order valence-electron chi connectivity index (χ4n) is 4.66. The molecular formula is C21H18N8O2. The number of anilines is 1. The number of benzene rings is 1. The predicted molar refractivity (Wildman–Crippen MR) is 109 cm³/mol. The fraction of sp³-hybridized carbons (Fsp3) is 0.333. The van der Waals surface area contributed by atoms with Crippen molar-refractivity contribution in [2.75, 3.05) is 18.0 Å². The van der Waals surface area contributed by atoms with Gasteiger partial charge < -0.3 is 14.0 Å². The zero-order valence-electron chi connectivity index (χ0n) is 16.7. The molecule has 10 nitrogen and oxygen atoms in total. The minimum atomic E-state index is -0.189. The molecule has 4 aromatic rings. The molecule has 2 aliphatic rings. The molecule has 0 N–H and O–H groups in total. The van der Waals surface area contributed by atoms with Crippen LogP contribution in [-0.2, 0) is 13.6 Å². The summed E-state index contributed by atoms with van der Waals surface area (Å²) in [6, 6.07) is 9.84. The van der Waals surface area contributed by atoms with Crippen LogP contribution in [0.3, 0.4) is 0 Å². The summed E-state index contributed by atoms with van der Waals surface area (Å²) in [5, 5.41) is 13.1. The third-order valence-electron chi connectivity index (χ3n) is 6.34. The van der Waals surface area contributed by atoms with Gasteiger partial charge in [-0.15, -0.1) is 0 Å². The molecule has 0 unspecified atom stereocenters. The Balaban J connectivity index is 1.15. The van der Waals surface area contributed by atoms with Crippen molar-refractivity contribution in [3.05, 3.63) is 64.6 Å². The lowest BCUT2D eigenvalue weighted by molar-refractivity contribution is 0.363. The lowest BCUT2D eigenvalue weighted by atomic mass is 10.2. The summed E-state index contributed by atoms with van der Waals surface area (Å²) in [5.74, 6) is 2.40. The zero-order chi connectivity index (χ0) is 21.1. The molecule has 0 bridgehead atoms. The molecule has 154 valence electrons. The molecule has 1 saturated heterocycles. The highest BCUT2D eigenvalue weighted by atomic mass is 16.5. The normalized spacial score (nSPS) is 21.9. The van der Waals surface area contributed by atoms with E-state index in [0.717, 1.165) is 18.8 Å². The molecule has 1 aliphatic heterocycles. The molecular weight excluding hydrogens is 396 g/mol. The van der Waals surface area contributed by atoms with Gasteiger partial charge in [0.1, 0.15) is 12.9 Å². The van der Waals surface area contributed by atoms with Crippen LogP contribution in [0.15, 0.2) is 46.2 Å². The molecule has 0 amide bonds. The molecule has 0 radical (unpaired) electrons. The third-order valence-corrected chi connectivity index (χ3v) is 6.34. The number of hydrogen-bond acceptors (Lipinski definition) is 8. The largest absolute Gasteiger partial charge is 0.371 e. The minimum absolute atomic E-state index is 0.180. The number of aromatic nitrogens is 6. The summed E-state index contributed by atoms with van der Waals surface area (Å²) in [4.78, 5) is 27.9. The van der Waals surface area contributed by atoms with E-state index < -0.39 is 0 Å². The van der Waals surface area contributed by atoms with E-state index in [1.807, 2.05) is 24.3 Å². The van der Waals surface area contributed by atoms with Crippen LogP contribution in [0.4, 0.5) is 5.69 Å². The average molecular weight is 414 g/mol. The van der Waals surface area contributed by atoms with Crippen LogP contribution in [0.1, 0.15) is 23.2 Å². The summed E-state index contributed by atoms with van der Waals surface area (Å²) in [6.07, 6.45) is 3.03. The van der Waals surface area contributed by atoms with Gasteiger partial charge in [-0.2, -0.15) is 10.2 Å². The molecule has 1 aliphatic carbocycles. The number of fused-ring (bicyclic) bond motifs is 2. The summed E-state index contributed by atoms with van der Waals surface area (Å²) >= 11 is 0. The molecule has 10 heteroatoms. The van der Waals surface area contributed by atoms with Crippen molar-refractivity contribution in [1.82, 2.24) is 29.2 Å². The van der Waals surface area contributed by atoms with Crippen LogP contribution >= 0.6 is 0 Å². The molecule has 1 saturated carbocycles. The second-order valence-corrected chi connectivity index (χ2v) is 8.17. The molecule has 4 heterocycles. The highest BCUT2D eigenvalue weighted by Crippen LogP contribution is 2.57. The highest BCUT2D eigenvalue weighted by molar-refractivity contribution is 5.68. The smallest absolute Gasteiger partial charge is 0.280 e. The topological polar surface area (TPSA) is 119 Å². The number of nitriles is 1. The van der Waals surface area contributed by atoms with Gasteiger partial charge >= 0.3 is 0 Å². The maximum atomic E-state index is 12.7. The van der Waals surface area contributed by atoms with E-state index in [9.17, 15) is 4.79 Å². The van der Waals surface area contributed by atoms with Crippen LogP contribution in [0.25, 0.3) is 11.2 Å². The van der Waals surface area contributed by atoms with E-state index in [4.69, 9.17) is 9.78 Å². The number of nitrogens with zero attached hydrogens (tertiary/aromatic N) is 8. The first-order chi connectivity index (χ1) is 15.1. The molecule has 2 fully saturated rings. The standard InChI is InChI=1S/C21H18N8O2/c1-27-10-23-20-18(27)21(30)29(11-24-20)9-16-25-19(26-31-16)17-14-7-28(8-15(14)17)13-4-2-12(6-22)3-5-13/h2-5,10-11,14-15,17H,7-9H2,1H3/t14-,15+,17+. The van der Waals surface area contributed by atoms with Gasteiger partial charge in [0.25, 0.3) is 5.56 Å². The number of aryl methyl sites for hydroxylation is 1. The Kier molecular flexibility index (Phi) is 3.74. The van der Waals surface area contributed by atoms with Gasteiger partial charge in [-0.1, -0.05) is 5.16 Å². The van der Waals surface area contributed by atoms with Gasteiger partial charge in [-0.05, 0) is 36.1 Å². The van der Waals surface area contributed by atoms with E-state index in [-0.39, 0.29) is 12.1 Å². The average Bonchev–Trinajstić information content (AvgIpc) is 3.21. The fourth-order valence-corrected chi connectivity index (χ4v) is 4.66. The van der Waals surface area contributed by atoms with Crippen molar-refractivity contribution in [3.63, 3.8) is 0 Å². The molecule has 3 aromatic heterocycles. The van der Waals surface area contributed by atoms with Crippen molar-refractivity contribution in [1.29, 1.82) is 5.26 Å². The predicted octanol–water partition coefficient (Wildman–Crippen LogP) is 1.28. The van der Waals surface area contributed by atoms with Gasteiger partial charge in [0, 0.05) is 31.7 Å². The first-order valence-corrected chi connectivity index (χ1v) is 10.1. The third kappa shape index (κ3) is 2.81. The van der Waals surface area contributed by atoms with E-state index in [1.165, 1.54) is 10.9 Å². The second-order valence-electron chi connectivity index (χ2n) is 8.17. The van der Waals surface area contributed by atoms with Gasteiger partial charge in [0.15, 0.2) is 17.0 Å². The van der Waals surface area contributed by atoms with Crippen molar-refractivity contribution in [2.24, 2.45) is 18.9 Å². The Bertz CT molecular complexity index is 1380. The lowest BCUT2D eigenvalue weighted by Crippen LogP contribution is -2.23. The summed E-state index contributed by atoms with van der Waals surface area (Å²) in [5.41, 5.74) is 2.49. The number of imidazole rings is 1. The Morgan fingerprint density at radius 3 is 2.65 bits per heavy atom. The van der Waals surface area contributed by atoms with Crippen molar-refractivity contribution in [3.8, 4) is 6.07 Å². The molecule has 0 spiro atoms. The monoisotopic (exact) mass is 414 g/mol. The number of rotatable bonds is 4. The minimum Gasteiger partial charge on any atom is -0.371 e. The Morgan fingerprint density at radius 2 is 1.90 bits per heavy atom. The summed E-state index contributed by atoms with van der Waals surface area (Å²) in [6.45, 7) is 2.05. The van der Waals surface area contributed by atoms with Gasteiger partial charge in [-0.3, -0.25) is 9.36 Å². The van der Waals surface area contributed by atoms with Crippen molar-refractivity contribution in [2.45, 2.75) is 12.5 Å². The molecule has 31 heavy (non-hydrogen) atoms. The SMILES string of the molecule is Cn1cnc2ncn(Cc3nc([C@H]4[C@@H]5CN(c6ccc(C#N)cc6)C[C@@H]54)no3)c(=O)c21. The van der Waals surface area contributed by atoms with Crippen LogP contribution in [-0.4, -0.2) is 42.3 Å². The van der Waals surface area contributed by atoms with Gasteiger partial charge in [-0.25, -0.2) is 9.97 Å². The Hall–Kier alpha value is -4.00. The van der Waals surface area contributed by atoms with Crippen molar-refractivity contribution >= 4 is 16.9 Å². The maximum absolute atomic E-state index is 12.7. The lowest BCUT2D eigenvalue weighted by Gasteiger charge is -2.21. The Morgan fingerprint density at radius 1 is 1.16 bits per heavy atom. The molecule has 3 atom stereocenters. The van der Waals surface area contributed by atoms with Crippen molar-refractivity contribution < 1.29 is 4.52 Å². The number of piperidine rings is 1. The molecule has 6 rings (SSSR count). The van der Waals surface area contributed by atoms with Crippen LogP contribution in [0.2, 0.25) is 0 Å². The summed E-state index contributed by atoms with van der Waals surface area (Å²) < 4.78 is 8.55. The number of hydrogen-bond donors (Lipinski definition) is 0. The van der Waals surface area contributed by atoms with Crippen LogP contribution < -0.4 is 10.5 Å². The quantitative estimate of drug-likeness (QED) is 0.490.